The summed E-state index contributed by atoms with van der Waals surface area (Å²) in [5.41, 5.74) is 0.765. The summed E-state index contributed by atoms with van der Waals surface area (Å²) in [5, 5.41) is 6.78. The van der Waals surface area contributed by atoms with Crippen LogP contribution >= 0.6 is 0 Å². The number of benzene rings is 1. The second-order valence-electron chi connectivity index (χ2n) is 5.83. The van der Waals surface area contributed by atoms with Crippen molar-refractivity contribution in [2.45, 2.75) is 44.2 Å². The average Bonchev–Trinajstić information content (AvgIpc) is 3.09. The van der Waals surface area contributed by atoms with Crippen LogP contribution in [0, 0.1) is 5.92 Å². The molecule has 0 spiro atoms. The van der Waals surface area contributed by atoms with E-state index in [1.165, 1.54) is 25.7 Å². The third kappa shape index (κ3) is 3.35. The van der Waals surface area contributed by atoms with Crippen LogP contribution in [0.15, 0.2) is 30.3 Å². The van der Waals surface area contributed by atoms with E-state index in [1.54, 1.807) is 0 Å². The maximum Gasteiger partial charge on any atom is 0.251 e. The van der Waals surface area contributed by atoms with Gasteiger partial charge in [-0.1, -0.05) is 31.0 Å². The molecule has 3 heteroatoms. The molecule has 2 atom stereocenters. The molecule has 1 saturated carbocycles. The first kappa shape index (κ1) is 12.7. The number of amides is 1. The number of carbonyl (C=O) groups excluding carboxylic acids is 1. The highest BCUT2D eigenvalue weighted by atomic mass is 16.1. The van der Waals surface area contributed by atoms with Crippen molar-refractivity contribution in [2.24, 2.45) is 5.92 Å². The minimum atomic E-state index is 0.0694. The Morgan fingerprint density at radius 3 is 2.68 bits per heavy atom. The monoisotopic (exact) mass is 258 g/mol. The fourth-order valence-electron chi connectivity index (χ4n) is 2.93. The largest absolute Gasteiger partial charge is 0.348 e. The summed E-state index contributed by atoms with van der Waals surface area (Å²) >= 11 is 0. The van der Waals surface area contributed by atoms with Crippen molar-refractivity contribution in [3.8, 4) is 0 Å². The van der Waals surface area contributed by atoms with Crippen LogP contribution in [-0.2, 0) is 0 Å². The molecule has 1 aliphatic heterocycles. The molecule has 0 aromatic heterocycles. The maximum absolute atomic E-state index is 12.3. The van der Waals surface area contributed by atoms with E-state index >= 15 is 0 Å². The predicted molar refractivity (Wildman–Crippen MR) is 76.1 cm³/mol. The van der Waals surface area contributed by atoms with Crippen LogP contribution in [-0.4, -0.2) is 24.5 Å². The van der Waals surface area contributed by atoms with Crippen LogP contribution in [0.25, 0.3) is 0 Å². The number of hydrogen-bond donors (Lipinski definition) is 2. The van der Waals surface area contributed by atoms with Gasteiger partial charge in [0.1, 0.15) is 0 Å². The first-order valence-corrected chi connectivity index (χ1v) is 7.42. The topological polar surface area (TPSA) is 41.1 Å². The van der Waals surface area contributed by atoms with Crippen molar-refractivity contribution in [3.63, 3.8) is 0 Å². The molecule has 1 saturated heterocycles. The van der Waals surface area contributed by atoms with Crippen molar-refractivity contribution >= 4 is 5.91 Å². The third-order valence-corrected chi connectivity index (χ3v) is 4.22. The van der Waals surface area contributed by atoms with Crippen LogP contribution in [0.3, 0.4) is 0 Å². The van der Waals surface area contributed by atoms with E-state index in [-0.39, 0.29) is 5.91 Å². The van der Waals surface area contributed by atoms with Gasteiger partial charge in [0.25, 0.3) is 5.91 Å². The third-order valence-electron chi connectivity index (χ3n) is 4.22. The van der Waals surface area contributed by atoms with Gasteiger partial charge in [0.2, 0.25) is 0 Å². The normalized spacial score (nSPS) is 24.1. The van der Waals surface area contributed by atoms with Gasteiger partial charge in [-0.05, 0) is 43.9 Å². The quantitative estimate of drug-likeness (QED) is 0.851. The Balaban J connectivity index is 1.64. The Kier molecular flexibility index (Phi) is 3.83. The average molecular weight is 258 g/mol. The molecule has 0 bridgehead atoms. The number of nitrogens with one attached hydrogen (secondary N) is 2. The van der Waals surface area contributed by atoms with Gasteiger partial charge in [-0.25, -0.2) is 0 Å². The standard InChI is InChI=1S/C16H22N2O/c19-16(13-5-2-1-3-6-13)18-15(11-12-8-9-12)14-7-4-10-17-14/h1-3,5-6,12,14-15,17H,4,7-11H2,(H,18,19)/t14-,15?/m0/s1. The highest BCUT2D eigenvalue weighted by Gasteiger charge is 2.32. The smallest absolute Gasteiger partial charge is 0.251 e. The van der Waals surface area contributed by atoms with Crippen molar-refractivity contribution in [1.29, 1.82) is 0 Å². The molecule has 2 fully saturated rings. The number of rotatable bonds is 5. The molecule has 19 heavy (non-hydrogen) atoms. The number of hydrogen-bond acceptors (Lipinski definition) is 2. The van der Waals surface area contributed by atoms with Crippen LogP contribution in [0.1, 0.15) is 42.5 Å². The van der Waals surface area contributed by atoms with E-state index in [1.807, 2.05) is 30.3 Å². The Morgan fingerprint density at radius 1 is 1.26 bits per heavy atom. The molecule has 0 radical (unpaired) electrons. The second kappa shape index (κ2) is 5.74. The van der Waals surface area contributed by atoms with Crippen molar-refractivity contribution < 1.29 is 4.79 Å². The SMILES string of the molecule is O=C(NC(CC1CC1)[C@@H]1CCCN1)c1ccccc1. The zero-order valence-electron chi connectivity index (χ0n) is 11.3. The molecule has 1 heterocycles. The molecule has 2 aliphatic rings. The summed E-state index contributed by atoms with van der Waals surface area (Å²) in [4.78, 5) is 12.3. The minimum absolute atomic E-state index is 0.0694. The van der Waals surface area contributed by atoms with Crippen LogP contribution < -0.4 is 10.6 Å². The molecule has 3 nitrogen and oxygen atoms in total. The minimum Gasteiger partial charge on any atom is -0.348 e. The lowest BCUT2D eigenvalue weighted by atomic mass is 10.00. The lowest BCUT2D eigenvalue weighted by Crippen LogP contribution is -2.47. The van der Waals surface area contributed by atoms with Gasteiger partial charge in [0.05, 0.1) is 0 Å². The van der Waals surface area contributed by atoms with E-state index in [9.17, 15) is 4.79 Å². The van der Waals surface area contributed by atoms with E-state index in [4.69, 9.17) is 0 Å². The molecule has 1 aromatic carbocycles. The lowest BCUT2D eigenvalue weighted by molar-refractivity contribution is 0.0925. The van der Waals surface area contributed by atoms with Gasteiger partial charge < -0.3 is 10.6 Å². The van der Waals surface area contributed by atoms with Gasteiger partial charge in [0.15, 0.2) is 0 Å². The molecule has 1 amide bonds. The van der Waals surface area contributed by atoms with E-state index in [0.717, 1.165) is 24.4 Å². The second-order valence-corrected chi connectivity index (χ2v) is 5.83. The lowest BCUT2D eigenvalue weighted by Gasteiger charge is -2.25. The van der Waals surface area contributed by atoms with Gasteiger partial charge in [-0.3, -0.25) is 4.79 Å². The van der Waals surface area contributed by atoms with Crippen LogP contribution in [0.2, 0.25) is 0 Å². The Bertz CT molecular complexity index is 422. The van der Waals surface area contributed by atoms with Crippen molar-refractivity contribution in [1.82, 2.24) is 10.6 Å². The Labute approximate surface area is 114 Å². The summed E-state index contributed by atoms with van der Waals surface area (Å²) in [5.74, 6) is 0.906. The van der Waals surface area contributed by atoms with Crippen LogP contribution in [0.4, 0.5) is 0 Å². The summed E-state index contributed by atoms with van der Waals surface area (Å²) in [6, 6.07) is 10.3. The molecule has 2 N–H and O–H groups in total. The molecule has 3 rings (SSSR count). The molecule has 1 aliphatic carbocycles. The first-order chi connectivity index (χ1) is 9.33. The fourth-order valence-corrected chi connectivity index (χ4v) is 2.93. The van der Waals surface area contributed by atoms with Crippen molar-refractivity contribution in [2.75, 3.05) is 6.54 Å². The fraction of sp³-hybridized carbons (Fsp3) is 0.562. The summed E-state index contributed by atoms with van der Waals surface area (Å²) in [6.45, 7) is 1.09. The van der Waals surface area contributed by atoms with Gasteiger partial charge in [-0.2, -0.15) is 0 Å². The Morgan fingerprint density at radius 2 is 2.05 bits per heavy atom. The zero-order valence-corrected chi connectivity index (χ0v) is 11.3. The van der Waals surface area contributed by atoms with Crippen molar-refractivity contribution in [3.05, 3.63) is 35.9 Å². The number of carbonyl (C=O) groups is 1. The summed E-state index contributed by atoms with van der Waals surface area (Å²) < 4.78 is 0. The predicted octanol–water partition coefficient (Wildman–Crippen LogP) is 2.34. The van der Waals surface area contributed by atoms with Crippen LogP contribution in [0.5, 0.6) is 0 Å². The summed E-state index contributed by atoms with van der Waals surface area (Å²) in [7, 11) is 0. The van der Waals surface area contributed by atoms with Gasteiger partial charge >= 0.3 is 0 Å². The van der Waals surface area contributed by atoms with E-state index < -0.39 is 0 Å². The molecule has 1 unspecified atom stereocenters. The van der Waals surface area contributed by atoms with E-state index in [2.05, 4.69) is 10.6 Å². The summed E-state index contributed by atoms with van der Waals surface area (Å²) in [6.07, 6.45) is 6.23. The van der Waals surface area contributed by atoms with Gasteiger partial charge in [-0.15, -0.1) is 0 Å². The van der Waals surface area contributed by atoms with E-state index in [0.29, 0.717) is 12.1 Å². The molecule has 102 valence electrons. The maximum atomic E-state index is 12.3. The Hall–Kier alpha value is -1.35. The highest BCUT2D eigenvalue weighted by Crippen LogP contribution is 2.34. The first-order valence-electron chi connectivity index (χ1n) is 7.42. The zero-order chi connectivity index (χ0) is 13.1. The highest BCUT2D eigenvalue weighted by molar-refractivity contribution is 5.94. The molecular weight excluding hydrogens is 236 g/mol. The molecular formula is C16H22N2O. The molecule has 1 aromatic rings. The van der Waals surface area contributed by atoms with Gasteiger partial charge in [0, 0.05) is 17.6 Å².